The quantitative estimate of drug-likeness (QED) is 0.650. The molecule has 1 N–H and O–H groups in total. The highest BCUT2D eigenvalue weighted by atomic mass is 19.1. The van der Waals surface area contributed by atoms with Gasteiger partial charge >= 0.3 is 5.69 Å². The summed E-state index contributed by atoms with van der Waals surface area (Å²) in [5.74, 6) is -4.46. The van der Waals surface area contributed by atoms with Crippen LogP contribution in [0.4, 0.5) is 14.5 Å². The highest BCUT2D eigenvalue weighted by Crippen LogP contribution is 2.23. The van der Waals surface area contributed by atoms with Crippen molar-refractivity contribution < 1.29 is 23.3 Å². The zero-order valence-electron chi connectivity index (χ0n) is 11.4. The summed E-state index contributed by atoms with van der Waals surface area (Å²) in [5.41, 5.74) is -2.07. The number of nitrogens with one attached hydrogen (secondary N) is 1. The zero-order chi connectivity index (χ0) is 16.2. The van der Waals surface area contributed by atoms with Crippen molar-refractivity contribution in [2.75, 3.05) is 20.1 Å². The van der Waals surface area contributed by atoms with Gasteiger partial charge in [0.1, 0.15) is 11.4 Å². The number of rotatable bonds is 5. The molecular weight excluding hydrogens is 288 g/mol. The van der Waals surface area contributed by atoms with Crippen LogP contribution in [0.15, 0.2) is 12.1 Å². The van der Waals surface area contributed by atoms with Gasteiger partial charge in [0.15, 0.2) is 0 Å². The third kappa shape index (κ3) is 3.71. The number of amides is 2. The standard InChI is InChI=1S/C12H13F2N3O4/c1-3-15-9(18)6-16(2)12(19)10-7(13)4-5-8(11(10)14)17(20)21/h4-5H,3,6H2,1-2H3,(H,15,18). The van der Waals surface area contributed by atoms with E-state index in [0.717, 1.165) is 11.9 Å². The molecular formula is C12H13F2N3O4. The molecule has 7 nitrogen and oxygen atoms in total. The molecule has 0 aliphatic heterocycles. The molecule has 0 spiro atoms. The Morgan fingerprint density at radius 2 is 2.00 bits per heavy atom. The van der Waals surface area contributed by atoms with Crippen LogP contribution in [0.3, 0.4) is 0 Å². The highest BCUT2D eigenvalue weighted by molar-refractivity contribution is 5.97. The van der Waals surface area contributed by atoms with Crippen molar-refractivity contribution in [3.63, 3.8) is 0 Å². The number of nitrogens with zero attached hydrogens (tertiary/aromatic N) is 2. The summed E-state index contributed by atoms with van der Waals surface area (Å²) in [4.78, 5) is 33.6. The van der Waals surface area contributed by atoms with E-state index >= 15 is 0 Å². The average Bonchev–Trinajstić information content (AvgIpc) is 2.38. The van der Waals surface area contributed by atoms with Gasteiger partial charge in [0.25, 0.3) is 5.91 Å². The van der Waals surface area contributed by atoms with E-state index in [0.29, 0.717) is 18.7 Å². The third-order valence-electron chi connectivity index (χ3n) is 2.58. The maximum atomic E-state index is 13.9. The minimum Gasteiger partial charge on any atom is -0.355 e. The van der Waals surface area contributed by atoms with Gasteiger partial charge in [-0.3, -0.25) is 19.7 Å². The summed E-state index contributed by atoms with van der Waals surface area (Å²) in [6.45, 7) is 1.58. The van der Waals surface area contributed by atoms with E-state index < -0.39 is 46.2 Å². The van der Waals surface area contributed by atoms with E-state index in [2.05, 4.69) is 5.32 Å². The Kier molecular flexibility index (Phi) is 5.28. The maximum absolute atomic E-state index is 13.9. The van der Waals surface area contributed by atoms with Gasteiger partial charge in [-0.05, 0) is 13.0 Å². The molecule has 114 valence electrons. The van der Waals surface area contributed by atoms with Crippen LogP contribution in [0.5, 0.6) is 0 Å². The molecule has 2 amide bonds. The largest absolute Gasteiger partial charge is 0.355 e. The number of hydrogen-bond donors (Lipinski definition) is 1. The van der Waals surface area contributed by atoms with Crippen LogP contribution < -0.4 is 5.32 Å². The smallest absolute Gasteiger partial charge is 0.305 e. The van der Waals surface area contributed by atoms with Gasteiger partial charge in [0, 0.05) is 19.7 Å². The summed E-state index contributed by atoms with van der Waals surface area (Å²) in [6, 6.07) is 1.26. The van der Waals surface area contributed by atoms with E-state index in [1.165, 1.54) is 0 Å². The SMILES string of the molecule is CCNC(=O)CN(C)C(=O)c1c(F)ccc([N+](=O)[O-])c1F. The van der Waals surface area contributed by atoms with Crippen LogP contribution in [0.1, 0.15) is 17.3 Å². The second kappa shape index (κ2) is 6.73. The fraction of sp³-hybridized carbons (Fsp3) is 0.333. The zero-order valence-corrected chi connectivity index (χ0v) is 11.4. The van der Waals surface area contributed by atoms with Crippen LogP contribution in [0, 0.1) is 21.7 Å². The molecule has 0 bridgehead atoms. The molecule has 1 rings (SSSR count). The number of benzene rings is 1. The van der Waals surface area contributed by atoms with Crippen molar-refractivity contribution in [3.8, 4) is 0 Å². The van der Waals surface area contributed by atoms with Crippen LogP contribution in [-0.2, 0) is 4.79 Å². The lowest BCUT2D eigenvalue weighted by atomic mass is 10.1. The maximum Gasteiger partial charge on any atom is 0.305 e. The summed E-state index contributed by atoms with van der Waals surface area (Å²) < 4.78 is 27.4. The summed E-state index contributed by atoms with van der Waals surface area (Å²) in [5, 5.41) is 13.0. The van der Waals surface area contributed by atoms with Crippen molar-refractivity contribution in [2.45, 2.75) is 6.92 Å². The van der Waals surface area contributed by atoms with Crippen molar-refractivity contribution in [3.05, 3.63) is 39.4 Å². The molecule has 1 aromatic rings. The number of carbonyl (C=O) groups excluding carboxylic acids is 2. The number of carbonyl (C=O) groups is 2. The van der Waals surface area contributed by atoms with Crippen LogP contribution in [0.2, 0.25) is 0 Å². The Morgan fingerprint density at radius 3 is 2.52 bits per heavy atom. The molecule has 0 heterocycles. The first-order valence-electron chi connectivity index (χ1n) is 5.94. The van der Waals surface area contributed by atoms with Crippen molar-refractivity contribution in [1.29, 1.82) is 0 Å². The minimum absolute atomic E-state index is 0.334. The van der Waals surface area contributed by atoms with Crippen LogP contribution in [-0.4, -0.2) is 41.8 Å². The first-order valence-corrected chi connectivity index (χ1v) is 5.94. The second-order valence-corrected chi connectivity index (χ2v) is 4.13. The van der Waals surface area contributed by atoms with E-state index in [1.54, 1.807) is 6.92 Å². The number of hydrogen-bond acceptors (Lipinski definition) is 4. The third-order valence-corrected chi connectivity index (χ3v) is 2.58. The molecule has 21 heavy (non-hydrogen) atoms. The molecule has 1 aromatic carbocycles. The Hall–Kier alpha value is -2.58. The fourth-order valence-electron chi connectivity index (χ4n) is 1.61. The number of nitro groups is 1. The number of halogens is 2. The molecule has 9 heteroatoms. The molecule has 0 radical (unpaired) electrons. The molecule has 0 fully saturated rings. The first-order chi connectivity index (χ1) is 9.79. The van der Waals surface area contributed by atoms with Crippen molar-refractivity contribution >= 4 is 17.5 Å². The highest BCUT2D eigenvalue weighted by Gasteiger charge is 2.28. The normalized spacial score (nSPS) is 10.1. The molecule has 0 atom stereocenters. The topological polar surface area (TPSA) is 92.6 Å². The summed E-state index contributed by atoms with van der Waals surface area (Å²) in [6.07, 6.45) is 0. The monoisotopic (exact) mass is 301 g/mol. The lowest BCUT2D eigenvalue weighted by molar-refractivity contribution is -0.387. The average molecular weight is 301 g/mol. The molecule has 0 aromatic heterocycles. The minimum atomic E-state index is -1.56. The Bertz CT molecular complexity index is 592. The fourth-order valence-corrected chi connectivity index (χ4v) is 1.61. The van der Waals surface area contributed by atoms with Gasteiger partial charge in [0.2, 0.25) is 11.7 Å². The van der Waals surface area contributed by atoms with E-state index in [4.69, 9.17) is 0 Å². The predicted molar refractivity (Wildman–Crippen MR) is 68.7 cm³/mol. The Labute approximate surface area is 118 Å². The first kappa shape index (κ1) is 16.5. The molecule has 0 unspecified atom stereocenters. The molecule has 0 aliphatic rings. The van der Waals surface area contributed by atoms with Gasteiger partial charge in [0.05, 0.1) is 11.5 Å². The molecule has 0 aliphatic carbocycles. The van der Waals surface area contributed by atoms with Crippen LogP contribution in [0.25, 0.3) is 0 Å². The summed E-state index contributed by atoms with van der Waals surface area (Å²) in [7, 11) is 1.16. The number of likely N-dealkylation sites (N-methyl/N-ethyl adjacent to an activating group) is 2. The number of nitro benzene ring substituents is 1. The Balaban J connectivity index is 3.09. The predicted octanol–water partition coefficient (Wildman–Crippen LogP) is 1.08. The van der Waals surface area contributed by atoms with Crippen molar-refractivity contribution in [1.82, 2.24) is 10.2 Å². The lowest BCUT2D eigenvalue weighted by Gasteiger charge is -2.17. The van der Waals surface area contributed by atoms with Gasteiger partial charge in [-0.25, -0.2) is 4.39 Å². The Morgan fingerprint density at radius 1 is 1.38 bits per heavy atom. The van der Waals surface area contributed by atoms with E-state index in [9.17, 15) is 28.5 Å². The van der Waals surface area contributed by atoms with Gasteiger partial charge in [-0.1, -0.05) is 0 Å². The lowest BCUT2D eigenvalue weighted by Crippen LogP contribution is -2.38. The van der Waals surface area contributed by atoms with Crippen LogP contribution >= 0.6 is 0 Å². The van der Waals surface area contributed by atoms with Gasteiger partial charge in [-0.2, -0.15) is 4.39 Å². The molecule has 0 saturated carbocycles. The summed E-state index contributed by atoms with van der Waals surface area (Å²) >= 11 is 0. The van der Waals surface area contributed by atoms with Crippen molar-refractivity contribution in [2.24, 2.45) is 0 Å². The second-order valence-electron chi connectivity index (χ2n) is 4.13. The van der Waals surface area contributed by atoms with E-state index in [-0.39, 0.29) is 0 Å². The van der Waals surface area contributed by atoms with E-state index in [1.807, 2.05) is 0 Å². The molecule has 0 saturated heterocycles. The van der Waals surface area contributed by atoms with Gasteiger partial charge < -0.3 is 10.2 Å². The van der Waals surface area contributed by atoms with Gasteiger partial charge in [-0.15, -0.1) is 0 Å².